The van der Waals surface area contributed by atoms with Crippen molar-refractivity contribution in [3.05, 3.63) is 63.6 Å². The van der Waals surface area contributed by atoms with Gasteiger partial charge in [-0.3, -0.25) is 4.79 Å². The molecule has 6 heteroatoms. The molecule has 1 aliphatic rings. The Morgan fingerprint density at radius 3 is 2.62 bits per heavy atom. The quantitative estimate of drug-likeness (QED) is 0.820. The van der Waals surface area contributed by atoms with Crippen molar-refractivity contribution in [1.29, 1.82) is 0 Å². The largest absolute Gasteiger partial charge is 0.488 e. The lowest BCUT2D eigenvalue weighted by Crippen LogP contribution is -2.40. The van der Waals surface area contributed by atoms with Gasteiger partial charge in [-0.05, 0) is 24.3 Å². The first-order chi connectivity index (χ1) is 11.6. The summed E-state index contributed by atoms with van der Waals surface area (Å²) in [6, 6.07) is 12.5. The molecule has 0 bridgehead atoms. The molecular weight excluding hydrogens is 349 g/mol. The zero-order chi connectivity index (χ0) is 16.9. The Balaban J connectivity index is 1.75. The van der Waals surface area contributed by atoms with E-state index in [2.05, 4.69) is 0 Å². The summed E-state index contributed by atoms with van der Waals surface area (Å²) in [6.45, 7) is 2.58. The average Bonchev–Trinajstić information content (AvgIpc) is 2.61. The molecule has 0 aromatic heterocycles. The number of halogens is 2. The van der Waals surface area contributed by atoms with Crippen LogP contribution in [0.25, 0.3) is 0 Å². The molecule has 1 aliphatic heterocycles. The van der Waals surface area contributed by atoms with Crippen molar-refractivity contribution in [1.82, 2.24) is 4.90 Å². The summed E-state index contributed by atoms with van der Waals surface area (Å²) in [6.07, 6.45) is 0. The number of morpholine rings is 1. The van der Waals surface area contributed by atoms with Gasteiger partial charge in [-0.1, -0.05) is 41.4 Å². The molecular formula is C18H17Cl2NO3. The number of benzene rings is 2. The molecule has 0 aliphatic carbocycles. The van der Waals surface area contributed by atoms with Crippen LogP contribution in [0.2, 0.25) is 10.0 Å². The summed E-state index contributed by atoms with van der Waals surface area (Å²) in [4.78, 5) is 14.5. The predicted octanol–water partition coefficient (Wildman–Crippen LogP) is 4.04. The summed E-state index contributed by atoms with van der Waals surface area (Å²) in [5.74, 6) is 0.496. The molecule has 0 N–H and O–H groups in total. The monoisotopic (exact) mass is 365 g/mol. The number of carbonyl (C=O) groups is 1. The van der Waals surface area contributed by atoms with Gasteiger partial charge in [0, 0.05) is 28.7 Å². The molecule has 0 saturated carbocycles. The van der Waals surface area contributed by atoms with E-state index < -0.39 is 0 Å². The van der Waals surface area contributed by atoms with Gasteiger partial charge in [0.1, 0.15) is 12.4 Å². The van der Waals surface area contributed by atoms with Gasteiger partial charge in [-0.2, -0.15) is 0 Å². The molecule has 1 amide bonds. The van der Waals surface area contributed by atoms with E-state index in [1.165, 1.54) is 0 Å². The SMILES string of the molecule is O=C(c1ccccc1OCc1ccc(Cl)cc1Cl)N1CCOCC1. The highest BCUT2D eigenvalue weighted by Gasteiger charge is 2.21. The first-order valence-electron chi connectivity index (χ1n) is 7.68. The molecule has 0 spiro atoms. The second kappa shape index (κ2) is 7.88. The van der Waals surface area contributed by atoms with Crippen LogP contribution in [0.3, 0.4) is 0 Å². The molecule has 1 saturated heterocycles. The highest BCUT2D eigenvalue weighted by Crippen LogP contribution is 2.25. The van der Waals surface area contributed by atoms with Crippen LogP contribution >= 0.6 is 23.2 Å². The number of nitrogens with zero attached hydrogens (tertiary/aromatic N) is 1. The van der Waals surface area contributed by atoms with Crippen molar-refractivity contribution in [2.75, 3.05) is 26.3 Å². The molecule has 126 valence electrons. The Labute approximate surface area is 150 Å². The zero-order valence-corrected chi connectivity index (χ0v) is 14.5. The Morgan fingerprint density at radius 2 is 1.88 bits per heavy atom. The maximum atomic E-state index is 12.7. The molecule has 4 nitrogen and oxygen atoms in total. The van der Waals surface area contributed by atoms with E-state index in [-0.39, 0.29) is 12.5 Å². The van der Waals surface area contributed by atoms with E-state index in [4.69, 9.17) is 32.7 Å². The maximum absolute atomic E-state index is 12.7. The summed E-state index contributed by atoms with van der Waals surface area (Å²) in [5.41, 5.74) is 1.36. The summed E-state index contributed by atoms with van der Waals surface area (Å²) in [7, 11) is 0. The number of carbonyl (C=O) groups excluding carboxylic acids is 1. The number of hydrogen-bond acceptors (Lipinski definition) is 3. The fourth-order valence-electron chi connectivity index (χ4n) is 2.50. The van der Waals surface area contributed by atoms with Crippen molar-refractivity contribution >= 4 is 29.1 Å². The van der Waals surface area contributed by atoms with Crippen LogP contribution in [-0.4, -0.2) is 37.1 Å². The van der Waals surface area contributed by atoms with Crippen LogP contribution in [0.15, 0.2) is 42.5 Å². The highest BCUT2D eigenvalue weighted by molar-refractivity contribution is 6.35. The molecule has 1 fully saturated rings. The van der Waals surface area contributed by atoms with E-state index in [0.29, 0.717) is 47.7 Å². The number of para-hydroxylation sites is 1. The normalized spacial score (nSPS) is 14.5. The van der Waals surface area contributed by atoms with E-state index in [0.717, 1.165) is 5.56 Å². The minimum Gasteiger partial charge on any atom is -0.488 e. The van der Waals surface area contributed by atoms with Crippen LogP contribution in [0, 0.1) is 0 Å². The Bertz CT molecular complexity index is 730. The van der Waals surface area contributed by atoms with Crippen LogP contribution in [0.5, 0.6) is 5.75 Å². The van der Waals surface area contributed by atoms with Gasteiger partial charge in [0.2, 0.25) is 0 Å². The fourth-order valence-corrected chi connectivity index (χ4v) is 2.96. The molecule has 3 rings (SSSR count). The molecule has 24 heavy (non-hydrogen) atoms. The molecule has 2 aromatic carbocycles. The lowest BCUT2D eigenvalue weighted by Gasteiger charge is -2.27. The van der Waals surface area contributed by atoms with E-state index in [9.17, 15) is 4.79 Å². The summed E-state index contributed by atoms with van der Waals surface area (Å²) < 4.78 is 11.1. The van der Waals surface area contributed by atoms with Crippen LogP contribution in [0.1, 0.15) is 15.9 Å². The second-order valence-corrected chi connectivity index (χ2v) is 6.27. The first kappa shape index (κ1) is 17.1. The summed E-state index contributed by atoms with van der Waals surface area (Å²) in [5, 5.41) is 1.12. The molecule has 0 radical (unpaired) electrons. The number of hydrogen-bond donors (Lipinski definition) is 0. The van der Waals surface area contributed by atoms with Gasteiger partial charge >= 0.3 is 0 Å². The predicted molar refractivity (Wildman–Crippen MR) is 94.0 cm³/mol. The minimum atomic E-state index is -0.0453. The Hall–Kier alpha value is -1.75. The first-order valence-corrected chi connectivity index (χ1v) is 8.43. The van der Waals surface area contributed by atoms with E-state index in [1.807, 2.05) is 18.2 Å². The van der Waals surface area contributed by atoms with Crippen LogP contribution < -0.4 is 4.74 Å². The van der Waals surface area contributed by atoms with Crippen molar-refractivity contribution in [2.45, 2.75) is 6.61 Å². The van der Waals surface area contributed by atoms with Gasteiger partial charge < -0.3 is 14.4 Å². The molecule has 0 atom stereocenters. The average molecular weight is 366 g/mol. The number of ether oxygens (including phenoxy) is 2. The lowest BCUT2D eigenvalue weighted by atomic mass is 10.1. The lowest BCUT2D eigenvalue weighted by molar-refractivity contribution is 0.0300. The van der Waals surface area contributed by atoms with Crippen LogP contribution in [-0.2, 0) is 11.3 Å². The molecule has 1 heterocycles. The third kappa shape index (κ3) is 4.01. The molecule has 0 unspecified atom stereocenters. The third-order valence-electron chi connectivity index (χ3n) is 3.81. The number of rotatable bonds is 4. The van der Waals surface area contributed by atoms with Crippen molar-refractivity contribution in [2.24, 2.45) is 0 Å². The smallest absolute Gasteiger partial charge is 0.257 e. The van der Waals surface area contributed by atoms with Gasteiger partial charge in [-0.25, -0.2) is 0 Å². The van der Waals surface area contributed by atoms with E-state index in [1.54, 1.807) is 29.2 Å². The Morgan fingerprint density at radius 1 is 1.12 bits per heavy atom. The fraction of sp³-hybridized carbons (Fsp3) is 0.278. The summed E-state index contributed by atoms with van der Waals surface area (Å²) >= 11 is 12.1. The van der Waals surface area contributed by atoms with Crippen molar-refractivity contribution < 1.29 is 14.3 Å². The zero-order valence-electron chi connectivity index (χ0n) is 13.0. The molecule has 2 aromatic rings. The van der Waals surface area contributed by atoms with Crippen molar-refractivity contribution in [3.8, 4) is 5.75 Å². The second-order valence-electron chi connectivity index (χ2n) is 5.43. The topological polar surface area (TPSA) is 38.8 Å². The van der Waals surface area contributed by atoms with E-state index >= 15 is 0 Å². The Kier molecular flexibility index (Phi) is 5.61. The highest BCUT2D eigenvalue weighted by atomic mass is 35.5. The third-order valence-corrected chi connectivity index (χ3v) is 4.40. The van der Waals surface area contributed by atoms with Crippen LogP contribution in [0.4, 0.5) is 0 Å². The van der Waals surface area contributed by atoms with Gasteiger partial charge in [0.05, 0.1) is 18.8 Å². The number of amides is 1. The van der Waals surface area contributed by atoms with Gasteiger partial charge in [-0.15, -0.1) is 0 Å². The standard InChI is InChI=1S/C18H17Cl2NO3/c19-14-6-5-13(16(20)11-14)12-24-17-4-2-1-3-15(17)18(22)21-7-9-23-10-8-21/h1-6,11H,7-10,12H2. The van der Waals surface area contributed by atoms with Gasteiger partial charge in [0.15, 0.2) is 0 Å². The van der Waals surface area contributed by atoms with Gasteiger partial charge in [0.25, 0.3) is 5.91 Å². The minimum absolute atomic E-state index is 0.0453. The van der Waals surface area contributed by atoms with Crippen molar-refractivity contribution in [3.63, 3.8) is 0 Å². The maximum Gasteiger partial charge on any atom is 0.257 e.